The fourth-order valence-corrected chi connectivity index (χ4v) is 3.43. The molecule has 1 amide bonds. The zero-order chi connectivity index (χ0) is 20.5. The Morgan fingerprint density at radius 2 is 2.21 bits per heavy atom. The SMILES string of the molecule is CC(O)(COC(=O)N1CCCc2cc(Cl)ccc21)Cn1cc([N+](=O)[O-])nc1Cl. The molecular weight excluding hydrogens is 411 g/mol. The molecule has 1 aromatic carbocycles. The van der Waals surface area contributed by atoms with Crippen molar-refractivity contribution in [3.05, 3.63) is 50.4 Å². The Hall–Kier alpha value is -2.36. The Labute approximate surface area is 170 Å². The smallest absolute Gasteiger partial charge is 0.414 e. The number of aryl methyl sites for hydroxylation is 1. The van der Waals surface area contributed by atoms with Crippen LogP contribution in [0.1, 0.15) is 18.9 Å². The van der Waals surface area contributed by atoms with E-state index in [1.165, 1.54) is 16.4 Å². The molecule has 0 aliphatic carbocycles. The summed E-state index contributed by atoms with van der Waals surface area (Å²) in [4.78, 5) is 27.7. The highest BCUT2D eigenvalue weighted by molar-refractivity contribution is 6.30. The minimum atomic E-state index is -1.51. The lowest BCUT2D eigenvalue weighted by Crippen LogP contribution is -2.41. The standard InChI is InChI=1S/C17H18Cl2N4O5/c1-17(25,9-21-8-14(23(26)27)20-15(21)19)10-28-16(24)22-6-2-3-11-7-12(18)4-5-13(11)22/h4-5,7-8,25H,2-3,6,9-10H2,1H3. The van der Waals surface area contributed by atoms with Crippen LogP contribution in [0.2, 0.25) is 10.3 Å². The molecule has 1 N–H and O–H groups in total. The summed E-state index contributed by atoms with van der Waals surface area (Å²) >= 11 is 11.9. The molecule has 0 radical (unpaired) electrons. The van der Waals surface area contributed by atoms with E-state index in [9.17, 15) is 20.0 Å². The largest absolute Gasteiger partial charge is 0.446 e. The molecule has 1 unspecified atom stereocenters. The number of rotatable bonds is 5. The molecular formula is C17H18Cl2N4O5. The third-order valence-electron chi connectivity index (χ3n) is 4.30. The van der Waals surface area contributed by atoms with Gasteiger partial charge in [0.1, 0.15) is 18.4 Å². The molecule has 0 fully saturated rings. The average Bonchev–Trinajstić information content (AvgIpc) is 2.99. The van der Waals surface area contributed by atoms with Crippen LogP contribution in [-0.2, 0) is 17.7 Å². The number of hydrogen-bond acceptors (Lipinski definition) is 6. The molecule has 1 aromatic heterocycles. The first-order valence-electron chi connectivity index (χ1n) is 8.48. The fraction of sp³-hybridized carbons (Fsp3) is 0.412. The van der Waals surface area contributed by atoms with Crippen molar-refractivity contribution in [1.82, 2.24) is 9.55 Å². The van der Waals surface area contributed by atoms with Gasteiger partial charge in [0.05, 0.1) is 12.2 Å². The van der Waals surface area contributed by atoms with Crippen LogP contribution >= 0.6 is 23.2 Å². The highest BCUT2D eigenvalue weighted by Crippen LogP contribution is 2.30. The minimum absolute atomic E-state index is 0.133. The van der Waals surface area contributed by atoms with Gasteiger partial charge in [0, 0.05) is 11.6 Å². The summed E-state index contributed by atoms with van der Waals surface area (Å²) in [5, 5.41) is 21.8. The molecule has 0 bridgehead atoms. The second-order valence-electron chi connectivity index (χ2n) is 6.83. The van der Waals surface area contributed by atoms with Crippen LogP contribution in [0.5, 0.6) is 0 Å². The normalized spacial score (nSPS) is 15.6. The maximum Gasteiger partial charge on any atom is 0.414 e. The maximum atomic E-state index is 12.5. The maximum absolute atomic E-state index is 12.5. The van der Waals surface area contributed by atoms with Gasteiger partial charge in [0.2, 0.25) is 0 Å². The molecule has 28 heavy (non-hydrogen) atoms. The van der Waals surface area contributed by atoms with E-state index < -0.39 is 22.4 Å². The van der Waals surface area contributed by atoms with Gasteiger partial charge in [0.15, 0.2) is 0 Å². The minimum Gasteiger partial charge on any atom is -0.446 e. The Balaban J connectivity index is 1.65. The van der Waals surface area contributed by atoms with Crippen molar-refractivity contribution < 1.29 is 19.6 Å². The molecule has 0 saturated heterocycles. The monoisotopic (exact) mass is 428 g/mol. The molecule has 1 atom stereocenters. The lowest BCUT2D eigenvalue weighted by Gasteiger charge is -2.30. The third-order valence-corrected chi connectivity index (χ3v) is 4.84. The van der Waals surface area contributed by atoms with E-state index in [2.05, 4.69) is 4.98 Å². The molecule has 3 rings (SSSR count). The lowest BCUT2D eigenvalue weighted by molar-refractivity contribution is -0.389. The topological polar surface area (TPSA) is 111 Å². The van der Waals surface area contributed by atoms with Crippen molar-refractivity contribution >= 4 is 40.8 Å². The van der Waals surface area contributed by atoms with Crippen LogP contribution in [0.4, 0.5) is 16.3 Å². The Kier molecular flexibility index (Phi) is 5.78. The van der Waals surface area contributed by atoms with Crippen molar-refractivity contribution in [2.45, 2.75) is 31.9 Å². The molecule has 150 valence electrons. The second-order valence-corrected chi connectivity index (χ2v) is 7.61. The number of anilines is 1. The number of aliphatic hydroxyl groups is 1. The summed E-state index contributed by atoms with van der Waals surface area (Å²) in [5.41, 5.74) is 0.181. The van der Waals surface area contributed by atoms with E-state index in [0.29, 0.717) is 11.6 Å². The van der Waals surface area contributed by atoms with Crippen LogP contribution < -0.4 is 4.90 Å². The average molecular weight is 429 g/mol. The first kappa shape index (κ1) is 20.4. The van der Waals surface area contributed by atoms with E-state index in [1.807, 2.05) is 6.07 Å². The summed E-state index contributed by atoms with van der Waals surface area (Å²) < 4.78 is 6.52. The molecule has 2 aromatic rings. The van der Waals surface area contributed by atoms with Gasteiger partial charge in [0.25, 0.3) is 0 Å². The number of ether oxygens (including phenoxy) is 1. The number of aromatic nitrogens is 2. The van der Waals surface area contributed by atoms with E-state index in [0.717, 1.165) is 30.3 Å². The zero-order valence-electron chi connectivity index (χ0n) is 15.0. The van der Waals surface area contributed by atoms with Gasteiger partial charge in [-0.1, -0.05) is 11.6 Å². The number of carbonyl (C=O) groups excluding carboxylic acids is 1. The number of nitrogens with zero attached hydrogens (tertiary/aromatic N) is 4. The molecule has 1 aliphatic rings. The summed E-state index contributed by atoms with van der Waals surface area (Å²) in [6.07, 6.45) is 2.11. The number of hydrogen-bond donors (Lipinski definition) is 1. The van der Waals surface area contributed by atoms with E-state index in [-0.39, 0.29) is 18.4 Å². The Morgan fingerprint density at radius 1 is 1.46 bits per heavy atom. The van der Waals surface area contributed by atoms with Crippen LogP contribution in [0.15, 0.2) is 24.4 Å². The van der Waals surface area contributed by atoms with E-state index in [1.54, 1.807) is 12.1 Å². The lowest BCUT2D eigenvalue weighted by atomic mass is 10.0. The van der Waals surface area contributed by atoms with Crippen molar-refractivity contribution in [2.24, 2.45) is 0 Å². The highest BCUT2D eigenvalue weighted by Gasteiger charge is 2.30. The molecule has 11 heteroatoms. The molecule has 0 saturated carbocycles. The number of halogens is 2. The summed E-state index contributed by atoms with van der Waals surface area (Å²) in [6, 6.07) is 5.29. The number of nitro groups is 1. The number of benzene rings is 1. The second kappa shape index (κ2) is 7.94. The summed E-state index contributed by atoms with van der Waals surface area (Å²) in [6.45, 7) is 1.47. The zero-order valence-corrected chi connectivity index (χ0v) is 16.5. The Morgan fingerprint density at radius 3 is 2.89 bits per heavy atom. The third kappa shape index (κ3) is 4.54. The predicted molar refractivity (Wildman–Crippen MR) is 103 cm³/mol. The Bertz CT molecular complexity index is 915. The highest BCUT2D eigenvalue weighted by atomic mass is 35.5. The van der Waals surface area contributed by atoms with Crippen molar-refractivity contribution in [3.8, 4) is 0 Å². The predicted octanol–water partition coefficient (Wildman–Crippen LogP) is 3.44. The quantitative estimate of drug-likeness (QED) is 0.576. The van der Waals surface area contributed by atoms with Crippen LogP contribution in [0.25, 0.3) is 0 Å². The molecule has 9 nitrogen and oxygen atoms in total. The van der Waals surface area contributed by atoms with Crippen molar-refractivity contribution in [3.63, 3.8) is 0 Å². The fourth-order valence-electron chi connectivity index (χ4n) is 3.04. The van der Waals surface area contributed by atoms with Gasteiger partial charge in [-0.2, -0.15) is 0 Å². The van der Waals surface area contributed by atoms with Crippen LogP contribution in [-0.4, -0.2) is 44.4 Å². The van der Waals surface area contributed by atoms with Crippen molar-refractivity contribution in [1.29, 1.82) is 0 Å². The number of carbonyl (C=O) groups is 1. The number of amides is 1. The molecule has 2 heterocycles. The van der Waals surface area contributed by atoms with Gasteiger partial charge in [-0.25, -0.2) is 4.79 Å². The first-order valence-corrected chi connectivity index (χ1v) is 9.24. The number of imidazole rings is 1. The van der Waals surface area contributed by atoms with E-state index in [4.69, 9.17) is 27.9 Å². The number of fused-ring (bicyclic) bond motifs is 1. The van der Waals surface area contributed by atoms with Crippen LogP contribution in [0, 0.1) is 10.1 Å². The molecule has 1 aliphatic heterocycles. The van der Waals surface area contributed by atoms with Gasteiger partial charge in [-0.3, -0.25) is 9.47 Å². The van der Waals surface area contributed by atoms with Crippen LogP contribution in [0.3, 0.4) is 0 Å². The van der Waals surface area contributed by atoms with Gasteiger partial charge in [-0.15, -0.1) is 0 Å². The van der Waals surface area contributed by atoms with Gasteiger partial charge in [-0.05, 0) is 65.0 Å². The summed E-state index contributed by atoms with van der Waals surface area (Å²) in [5.74, 6) is -0.429. The van der Waals surface area contributed by atoms with Gasteiger partial charge < -0.3 is 20.0 Å². The first-order chi connectivity index (χ1) is 13.2. The molecule has 0 spiro atoms. The van der Waals surface area contributed by atoms with Crippen molar-refractivity contribution in [2.75, 3.05) is 18.1 Å². The summed E-state index contributed by atoms with van der Waals surface area (Å²) in [7, 11) is 0. The van der Waals surface area contributed by atoms with E-state index >= 15 is 0 Å². The van der Waals surface area contributed by atoms with Gasteiger partial charge >= 0.3 is 17.2 Å².